The fourth-order valence-electron chi connectivity index (χ4n) is 3.60. The minimum atomic E-state index is -2.95. The summed E-state index contributed by atoms with van der Waals surface area (Å²) in [6.45, 7) is -0.726. The number of benzene rings is 1. The number of nitrogens with one attached hydrogen (secondary N) is 1. The third-order valence-electron chi connectivity index (χ3n) is 5.02. The molecule has 1 atom stereocenters. The molecule has 3 aromatic rings. The number of nitrogens with zero attached hydrogens (tertiary/aromatic N) is 1. The van der Waals surface area contributed by atoms with Crippen LogP contribution in [-0.2, 0) is 12.8 Å². The van der Waals surface area contributed by atoms with Crippen LogP contribution in [0, 0.1) is 5.92 Å². The molecule has 0 amide bonds. The van der Waals surface area contributed by atoms with Crippen LogP contribution in [0.3, 0.4) is 0 Å². The Labute approximate surface area is 170 Å². The van der Waals surface area contributed by atoms with Crippen LogP contribution < -0.4 is 15.0 Å². The van der Waals surface area contributed by atoms with Gasteiger partial charge in [-0.05, 0) is 54.5 Å². The van der Waals surface area contributed by atoms with Crippen molar-refractivity contribution in [2.24, 2.45) is 5.92 Å². The summed E-state index contributed by atoms with van der Waals surface area (Å²) in [5, 5.41) is 0.700. The Hall–Kier alpha value is -2.74. The van der Waals surface area contributed by atoms with Crippen LogP contribution in [0.1, 0.15) is 35.2 Å². The second-order valence-electron chi connectivity index (χ2n) is 7.11. The van der Waals surface area contributed by atoms with Gasteiger partial charge in [0.2, 0.25) is 0 Å². The molecule has 152 valence electrons. The van der Waals surface area contributed by atoms with Crippen LogP contribution in [0.4, 0.5) is 8.78 Å². The second-order valence-corrected chi connectivity index (χ2v) is 8.19. The van der Waals surface area contributed by atoms with E-state index in [1.807, 2.05) is 0 Å². The second kappa shape index (κ2) is 7.94. The molecule has 0 aliphatic heterocycles. The number of methoxy groups -OCH3 is 1. The number of aryl methyl sites for hydroxylation is 1. The van der Waals surface area contributed by atoms with Gasteiger partial charge in [0.15, 0.2) is 11.5 Å². The fourth-order valence-corrected chi connectivity index (χ4v) is 5.00. The first-order valence-corrected chi connectivity index (χ1v) is 10.1. The monoisotopic (exact) mass is 418 g/mol. The van der Waals surface area contributed by atoms with E-state index in [9.17, 15) is 13.6 Å². The van der Waals surface area contributed by atoms with E-state index in [1.54, 1.807) is 35.6 Å². The van der Waals surface area contributed by atoms with Crippen molar-refractivity contribution in [1.29, 1.82) is 0 Å². The van der Waals surface area contributed by atoms with Crippen molar-refractivity contribution in [3.05, 3.63) is 50.4 Å². The Bertz CT molecular complexity index is 1140. The standard InChI is InChI=1S/C21H20F2N2O3S/c1-11-3-6-13-16(9-11)29-20-18(13)19(26)24-17(25-20)8-5-12-4-7-14(27-2)15(10-12)28-21(22)23/h4-5,7-8,10-11,21H,3,6,9H2,1-2H3,(H,24,25,26)/b8-5+/t11-/m0/s1. The highest BCUT2D eigenvalue weighted by atomic mass is 32.1. The zero-order valence-corrected chi connectivity index (χ0v) is 16.8. The zero-order chi connectivity index (χ0) is 20.5. The predicted octanol–water partition coefficient (Wildman–Crippen LogP) is 4.89. The fraction of sp³-hybridized carbons (Fsp3) is 0.333. The van der Waals surface area contributed by atoms with Gasteiger partial charge >= 0.3 is 6.61 Å². The van der Waals surface area contributed by atoms with E-state index >= 15 is 0 Å². The number of hydrogen-bond donors (Lipinski definition) is 1. The highest BCUT2D eigenvalue weighted by molar-refractivity contribution is 7.18. The maximum atomic E-state index is 12.6. The van der Waals surface area contributed by atoms with Gasteiger partial charge in [-0.2, -0.15) is 8.78 Å². The average molecular weight is 418 g/mol. The minimum Gasteiger partial charge on any atom is -0.493 e. The lowest BCUT2D eigenvalue weighted by Gasteiger charge is -2.17. The van der Waals surface area contributed by atoms with Gasteiger partial charge in [-0.15, -0.1) is 11.3 Å². The van der Waals surface area contributed by atoms with Crippen LogP contribution in [0.25, 0.3) is 22.4 Å². The van der Waals surface area contributed by atoms with Crippen molar-refractivity contribution in [1.82, 2.24) is 9.97 Å². The number of rotatable bonds is 5. The lowest BCUT2D eigenvalue weighted by Crippen LogP contribution is -2.13. The number of H-pyrrole nitrogens is 1. The molecule has 0 spiro atoms. The van der Waals surface area contributed by atoms with E-state index < -0.39 is 6.61 Å². The summed E-state index contributed by atoms with van der Waals surface area (Å²) in [5.41, 5.74) is 1.61. The van der Waals surface area contributed by atoms with E-state index in [2.05, 4.69) is 21.6 Å². The Morgan fingerprint density at radius 1 is 1.31 bits per heavy atom. The van der Waals surface area contributed by atoms with Gasteiger partial charge in [-0.3, -0.25) is 4.79 Å². The van der Waals surface area contributed by atoms with Gasteiger partial charge < -0.3 is 14.5 Å². The van der Waals surface area contributed by atoms with Crippen molar-refractivity contribution >= 4 is 33.7 Å². The minimum absolute atomic E-state index is 0.0541. The Kier molecular flexibility index (Phi) is 5.36. The molecule has 0 bridgehead atoms. The Morgan fingerprint density at radius 3 is 2.90 bits per heavy atom. The van der Waals surface area contributed by atoms with Gasteiger partial charge in [0.25, 0.3) is 5.56 Å². The molecular weight excluding hydrogens is 398 g/mol. The van der Waals surface area contributed by atoms with Crippen LogP contribution in [0.2, 0.25) is 0 Å². The summed E-state index contributed by atoms with van der Waals surface area (Å²) in [6.07, 6.45) is 6.31. The first kappa shape index (κ1) is 19.6. The summed E-state index contributed by atoms with van der Waals surface area (Å²) in [7, 11) is 1.38. The molecule has 0 radical (unpaired) electrons. The number of hydrogen-bond acceptors (Lipinski definition) is 5. The van der Waals surface area contributed by atoms with Crippen LogP contribution in [-0.4, -0.2) is 23.7 Å². The smallest absolute Gasteiger partial charge is 0.387 e. The largest absolute Gasteiger partial charge is 0.493 e. The number of ether oxygens (including phenoxy) is 2. The number of thiophene rings is 1. The highest BCUT2D eigenvalue weighted by Gasteiger charge is 2.22. The van der Waals surface area contributed by atoms with Crippen LogP contribution in [0.15, 0.2) is 23.0 Å². The molecule has 4 rings (SSSR count). The highest BCUT2D eigenvalue weighted by Crippen LogP contribution is 2.35. The normalized spacial score (nSPS) is 16.5. The van der Waals surface area contributed by atoms with Gasteiger partial charge in [0.1, 0.15) is 10.7 Å². The number of aromatic nitrogens is 2. The Balaban J connectivity index is 1.66. The number of alkyl halides is 2. The van der Waals surface area contributed by atoms with Crippen molar-refractivity contribution < 1.29 is 18.3 Å². The van der Waals surface area contributed by atoms with Crippen molar-refractivity contribution in [2.45, 2.75) is 32.8 Å². The molecule has 0 unspecified atom stereocenters. The third-order valence-corrected chi connectivity index (χ3v) is 6.17. The van der Waals surface area contributed by atoms with Gasteiger partial charge in [0.05, 0.1) is 12.5 Å². The molecule has 29 heavy (non-hydrogen) atoms. The maximum absolute atomic E-state index is 12.6. The number of halogens is 2. The van der Waals surface area contributed by atoms with E-state index in [1.165, 1.54) is 18.1 Å². The summed E-state index contributed by atoms with van der Waals surface area (Å²) in [6, 6.07) is 4.70. The SMILES string of the molecule is COc1ccc(/C=C/c2nc3sc4c(c3c(=O)[nH]2)CC[C@H](C)C4)cc1OC(F)F. The summed E-state index contributed by atoms with van der Waals surface area (Å²) >= 11 is 1.58. The van der Waals surface area contributed by atoms with Crippen LogP contribution >= 0.6 is 11.3 Å². The molecule has 0 saturated heterocycles. The van der Waals surface area contributed by atoms with Crippen molar-refractivity contribution in [3.8, 4) is 11.5 Å². The average Bonchev–Trinajstić information content (AvgIpc) is 3.03. The predicted molar refractivity (Wildman–Crippen MR) is 110 cm³/mol. The van der Waals surface area contributed by atoms with Gasteiger partial charge in [-0.25, -0.2) is 4.98 Å². The molecule has 2 aromatic heterocycles. The molecule has 1 N–H and O–H groups in total. The molecule has 1 aliphatic carbocycles. The zero-order valence-electron chi connectivity index (χ0n) is 16.0. The van der Waals surface area contributed by atoms with E-state index in [4.69, 9.17) is 4.74 Å². The topological polar surface area (TPSA) is 64.2 Å². The molecule has 1 aliphatic rings. The number of fused-ring (bicyclic) bond motifs is 3. The molecule has 5 nitrogen and oxygen atoms in total. The first-order chi connectivity index (χ1) is 13.9. The van der Waals surface area contributed by atoms with E-state index in [0.717, 1.165) is 29.7 Å². The Morgan fingerprint density at radius 2 is 2.14 bits per heavy atom. The lowest BCUT2D eigenvalue weighted by atomic mass is 9.89. The maximum Gasteiger partial charge on any atom is 0.387 e. The van der Waals surface area contributed by atoms with Crippen molar-refractivity contribution in [2.75, 3.05) is 7.11 Å². The van der Waals surface area contributed by atoms with Crippen LogP contribution in [0.5, 0.6) is 11.5 Å². The van der Waals surface area contributed by atoms with Gasteiger partial charge in [-0.1, -0.05) is 19.1 Å². The number of aromatic amines is 1. The molecule has 0 saturated carbocycles. The first-order valence-electron chi connectivity index (χ1n) is 9.30. The van der Waals surface area contributed by atoms with Crippen molar-refractivity contribution in [3.63, 3.8) is 0 Å². The third kappa shape index (κ3) is 4.03. The molecule has 1 aromatic carbocycles. The summed E-state index contributed by atoms with van der Waals surface area (Å²) in [5.74, 6) is 1.20. The molecule has 8 heteroatoms. The quantitative estimate of drug-likeness (QED) is 0.641. The van der Waals surface area contributed by atoms with E-state index in [0.29, 0.717) is 22.7 Å². The lowest BCUT2D eigenvalue weighted by molar-refractivity contribution is -0.0512. The molecule has 0 fully saturated rings. The molecular formula is C21H20F2N2O3S. The molecule has 2 heterocycles. The van der Waals surface area contributed by atoms with Gasteiger partial charge in [0, 0.05) is 4.88 Å². The van der Waals surface area contributed by atoms with E-state index in [-0.39, 0.29) is 17.1 Å². The summed E-state index contributed by atoms with van der Waals surface area (Å²) < 4.78 is 34.7. The summed E-state index contributed by atoms with van der Waals surface area (Å²) in [4.78, 5) is 22.0.